The number of likely N-dealkylation sites (N-methyl/N-ethyl adjacent to an activating group) is 1. The number of ether oxygens (including phenoxy) is 1. The lowest BCUT2D eigenvalue weighted by molar-refractivity contribution is -0.0929. The van der Waals surface area contributed by atoms with Crippen molar-refractivity contribution in [1.82, 2.24) is 9.80 Å². The molecule has 3 heterocycles. The highest BCUT2D eigenvalue weighted by Crippen LogP contribution is 2.29. The first-order valence-electron chi connectivity index (χ1n) is 7.77. The molecule has 0 amide bonds. The summed E-state index contributed by atoms with van der Waals surface area (Å²) < 4.78 is 5.90. The van der Waals surface area contributed by atoms with Gasteiger partial charge in [0.25, 0.3) is 0 Å². The molecule has 0 spiro atoms. The topological polar surface area (TPSA) is 145 Å². The molecule has 5 atom stereocenters. The van der Waals surface area contributed by atoms with Gasteiger partial charge in [-0.1, -0.05) is 6.08 Å². The summed E-state index contributed by atoms with van der Waals surface area (Å²) in [5.74, 6) is 0.314. The van der Waals surface area contributed by atoms with Gasteiger partial charge in [-0.15, -0.1) is 0 Å². The molecule has 0 aromatic heterocycles. The third-order valence-electron chi connectivity index (χ3n) is 4.26. The number of amidine groups is 1. The van der Waals surface area contributed by atoms with Gasteiger partial charge in [0, 0.05) is 20.1 Å². The Hall–Kier alpha value is -1.85. The van der Waals surface area contributed by atoms with Gasteiger partial charge < -0.3 is 31.3 Å². The van der Waals surface area contributed by atoms with Gasteiger partial charge in [0.05, 0.1) is 6.67 Å². The summed E-state index contributed by atoms with van der Waals surface area (Å²) in [6, 6.07) is 0. The third kappa shape index (κ3) is 3.06. The highest BCUT2D eigenvalue weighted by Gasteiger charge is 2.49. The Balaban J connectivity index is 1.67. The van der Waals surface area contributed by atoms with Crippen molar-refractivity contribution in [2.75, 3.05) is 26.8 Å². The van der Waals surface area contributed by atoms with E-state index in [1.807, 2.05) is 18.1 Å². The Kier molecular flexibility index (Phi) is 4.92. The zero-order valence-corrected chi connectivity index (χ0v) is 13.4. The predicted molar refractivity (Wildman–Crippen MR) is 89.5 cm³/mol. The largest absolute Gasteiger partial charge is 0.387 e. The van der Waals surface area contributed by atoms with E-state index in [2.05, 4.69) is 15.0 Å². The van der Waals surface area contributed by atoms with Crippen LogP contribution in [0.5, 0.6) is 0 Å². The van der Waals surface area contributed by atoms with Crippen LogP contribution in [0.3, 0.4) is 0 Å². The summed E-state index contributed by atoms with van der Waals surface area (Å²) in [6.07, 6.45) is 1.22. The molecule has 3 aliphatic heterocycles. The van der Waals surface area contributed by atoms with Crippen LogP contribution < -0.4 is 11.5 Å². The van der Waals surface area contributed by atoms with Gasteiger partial charge in [0.1, 0.15) is 42.4 Å². The van der Waals surface area contributed by atoms with Crippen LogP contribution in [0.4, 0.5) is 0 Å². The molecule has 0 aromatic carbocycles. The molecule has 3 rings (SSSR count). The molecule has 0 aliphatic carbocycles. The molecular formula is C14H23N7O3. The Morgan fingerprint density at radius 2 is 2.25 bits per heavy atom. The molecule has 10 nitrogen and oxygen atoms in total. The zero-order chi connectivity index (χ0) is 17.3. The van der Waals surface area contributed by atoms with E-state index >= 15 is 0 Å². The molecule has 1 unspecified atom stereocenters. The van der Waals surface area contributed by atoms with Gasteiger partial charge in [-0.2, -0.15) is 0 Å². The second kappa shape index (κ2) is 6.95. The van der Waals surface area contributed by atoms with Crippen molar-refractivity contribution in [2.24, 2.45) is 26.4 Å². The first-order valence-corrected chi connectivity index (χ1v) is 7.77. The Bertz CT molecular complexity index is 591. The average molecular weight is 337 g/mol. The molecule has 3 aliphatic rings. The van der Waals surface area contributed by atoms with Crippen molar-refractivity contribution in [1.29, 1.82) is 0 Å². The van der Waals surface area contributed by atoms with Gasteiger partial charge in [-0.3, -0.25) is 4.99 Å². The van der Waals surface area contributed by atoms with Crippen molar-refractivity contribution in [2.45, 2.75) is 30.7 Å². The summed E-state index contributed by atoms with van der Waals surface area (Å²) in [7, 11) is 1.85. The fourth-order valence-corrected chi connectivity index (χ4v) is 3.03. The second-order valence-corrected chi connectivity index (χ2v) is 5.96. The van der Waals surface area contributed by atoms with Crippen molar-refractivity contribution in [3.05, 3.63) is 12.3 Å². The fraction of sp³-hybridized carbons (Fsp3) is 0.643. The van der Waals surface area contributed by atoms with E-state index in [0.29, 0.717) is 24.6 Å². The van der Waals surface area contributed by atoms with Crippen molar-refractivity contribution in [3.8, 4) is 0 Å². The maximum absolute atomic E-state index is 10.4. The SMILES string of the molecule is CN(/C=C/CN)C[C@H]1O[C@@H](N2CN=C3C(N)=NC=NC32)[C@H](O)[C@@H]1O. The number of aliphatic hydroxyl groups excluding tert-OH is 2. The molecule has 6 N–H and O–H groups in total. The number of nitrogens with two attached hydrogens (primary N) is 2. The maximum Gasteiger partial charge on any atom is 0.153 e. The van der Waals surface area contributed by atoms with Gasteiger partial charge in [-0.25, -0.2) is 14.9 Å². The van der Waals surface area contributed by atoms with Gasteiger partial charge >= 0.3 is 0 Å². The third-order valence-corrected chi connectivity index (χ3v) is 4.26. The molecule has 0 bridgehead atoms. The first kappa shape index (κ1) is 17.0. The molecule has 0 aromatic rings. The van der Waals surface area contributed by atoms with Crippen LogP contribution in [0.2, 0.25) is 0 Å². The predicted octanol–water partition coefficient (Wildman–Crippen LogP) is -2.72. The molecule has 0 radical (unpaired) electrons. The monoisotopic (exact) mass is 337 g/mol. The Labute approximate surface area is 139 Å². The van der Waals surface area contributed by atoms with E-state index in [9.17, 15) is 10.2 Å². The van der Waals surface area contributed by atoms with E-state index in [4.69, 9.17) is 16.2 Å². The van der Waals surface area contributed by atoms with Crippen molar-refractivity contribution < 1.29 is 14.9 Å². The van der Waals surface area contributed by atoms with Crippen LogP contribution in [0.15, 0.2) is 27.3 Å². The molecule has 1 fully saturated rings. The van der Waals surface area contributed by atoms with E-state index in [0.717, 1.165) is 0 Å². The smallest absolute Gasteiger partial charge is 0.153 e. The van der Waals surface area contributed by atoms with E-state index in [1.54, 1.807) is 11.0 Å². The quantitative estimate of drug-likeness (QED) is 0.426. The number of fused-ring (bicyclic) bond motifs is 1. The van der Waals surface area contributed by atoms with Gasteiger partial charge in [0.2, 0.25) is 0 Å². The van der Waals surface area contributed by atoms with Crippen molar-refractivity contribution in [3.63, 3.8) is 0 Å². The summed E-state index contributed by atoms with van der Waals surface area (Å²) in [4.78, 5) is 16.1. The summed E-state index contributed by atoms with van der Waals surface area (Å²) >= 11 is 0. The van der Waals surface area contributed by atoms with E-state index < -0.39 is 30.7 Å². The average Bonchev–Trinajstić information content (AvgIpc) is 3.10. The number of rotatable bonds is 5. The lowest BCUT2D eigenvalue weighted by Gasteiger charge is -2.30. The molecule has 10 heteroatoms. The minimum Gasteiger partial charge on any atom is -0.387 e. The molecule has 0 saturated carbocycles. The minimum absolute atomic E-state index is 0.275. The normalized spacial score (nSPS) is 36.1. The molecular weight excluding hydrogens is 314 g/mol. The van der Waals surface area contributed by atoms with Gasteiger partial charge in [0.15, 0.2) is 6.17 Å². The second-order valence-electron chi connectivity index (χ2n) is 5.96. The maximum atomic E-state index is 10.4. The summed E-state index contributed by atoms with van der Waals surface area (Å²) in [5, 5.41) is 20.7. The van der Waals surface area contributed by atoms with Crippen molar-refractivity contribution >= 4 is 17.9 Å². The van der Waals surface area contributed by atoms with Crippen LogP contribution >= 0.6 is 0 Å². The minimum atomic E-state index is -1.06. The van der Waals surface area contributed by atoms with Crippen LogP contribution in [0.25, 0.3) is 0 Å². The summed E-state index contributed by atoms with van der Waals surface area (Å²) in [6.45, 7) is 1.13. The van der Waals surface area contributed by atoms with Crippen LogP contribution in [0.1, 0.15) is 0 Å². The lowest BCUT2D eigenvalue weighted by Crippen LogP contribution is -2.50. The van der Waals surface area contributed by atoms with E-state index in [1.165, 1.54) is 6.34 Å². The number of aliphatic hydroxyl groups is 2. The fourth-order valence-electron chi connectivity index (χ4n) is 3.03. The Morgan fingerprint density at radius 1 is 1.46 bits per heavy atom. The van der Waals surface area contributed by atoms with Crippen LogP contribution in [-0.4, -0.2) is 95.4 Å². The first-order chi connectivity index (χ1) is 11.5. The molecule has 132 valence electrons. The van der Waals surface area contributed by atoms with Gasteiger partial charge in [-0.05, 0) is 6.20 Å². The zero-order valence-electron chi connectivity index (χ0n) is 13.4. The Morgan fingerprint density at radius 3 is 3.00 bits per heavy atom. The number of aliphatic imine (C=N–C) groups is 3. The molecule has 1 saturated heterocycles. The van der Waals surface area contributed by atoms with E-state index in [-0.39, 0.29) is 6.67 Å². The number of hydrogen-bond donors (Lipinski definition) is 4. The van der Waals surface area contributed by atoms with Crippen LogP contribution in [-0.2, 0) is 4.74 Å². The standard InChI is InChI=1S/C14H23N7O3/c1-20(4-2-3-15)5-8-10(22)11(23)14(24-8)21-7-19-9-12(16)17-6-18-13(9)21/h2,4,6,8,10-11,13-14,22-23H,3,5,7,15H2,1H3,(H2,16,17,18)/b4-2+/t8-,10-,11-,13?,14-/m1/s1. The number of nitrogens with zero attached hydrogens (tertiary/aromatic N) is 5. The molecule has 24 heavy (non-hydrogen) atoms. The summed E-state index contributed by atoms with van der Waals surface area (Å²) in [5.41, 5.74) is 11.8. The van der Waals surface area contributed by atoms with Crippen LogP contribution in [0, 0.1) is 0 Å². The highest BCUT2D eigenvalue weighted by atomic mass is 16.6. The highest BCUT2D eigenvalue weighted by molar-refractivity contribution is 6.44. The number of hydrogen-bond acceptors (Lipinski definition) is 10. The lowest BCUT2D eigenvalue weighted by atomic mass is 10.1.